The van der Waals surface area contributed by atoms with Crippen molar-refractivity contribution in [3.8, 4) is 11.5 Å². The zero-order valence-corrected chi connectivity index (χ0v) is 18.7. The highest BCUT2D eigenvalue weighted by atomic mass is 16.5. The lowest BCUT2D eigenvalue weighted by Crippen LogP contribution is -2.39. The first-order valence-electron chi connectivity index (χ1n) is 11.5. The molecule has 166 valence electrons. The SMILES string of the molecule is CCOc1ccc(C(=O)N2CCC(Cc3ccccc3)CC2)cc1COc1ccccc1. The number of likely N-dealkylation sites (tertiary alicyclic amines) is 1. The maximum absolute atomic E-state index is 13.2. The molecule has 3 aromatic rings. The molecule has 1 aliphatic heterocycles. The van der Waals surface area contributed by atoms with Crippen molar-refractivity contribution in [1.29, 1.82) is 0 Å². The van der Waals surface area contributed by atoms with E-state index in [1.54, 1.807) is 0 Å². The van der Waals surface area contributed by atoms with Gasteiger partial charge >= 0.3 is 0 Å². The molecule has 0 unspecified atom stereocenters. The van der Waals surface area contributed by atoms with Gasteiger partial charge in [0.25, 0.3) is 5.91 Å². The number of ether oxygens (including phenoxy) is 2. The van der Waals surface area contributed by atoms with Crippen LogP contribution in [0.25, 0.3) is 0 Å². The number of carbonyl (C=O) groups is 1. The van der Waals surface area contributed by atoms with Crippen LogP contribution in [-0.4, -0.2) is 30.5 Å². The lowest BCUT2D eigenvalue weighted by Gasteiger charge is -2.32. The average Bonchev–Trinajstić information content (AvgIpc) is 2.85. The molecule has 4 rings (SSSR count). The van der Waals surface area contributed by atoms with E-state index in [1.165, 1.54) is 5.56 Å². The highest BCUT2D eigenvalue weighted by molar-refractivity contribution is 5.94. The minimum Gasteiger partial charge on any atom is -0.493 e. The Bertz CT molecular complexity index is 996. The maximum Gasteiger partial charge on any atom is 0.253 e. The third-order valence-electron chi connectivity index (χ3n) is 6.01. The molecule has 0 aliphatic carbocycles. The lowest BCUT2D eigenvalue weighted by molar-refractivity contribution is 0.0690. The van der Waals surface area contributed by atoms with Gasteiger partial charge in [0.15, 0.2) is 0 Å². The number of benzene rings is 3. The molecule has 1 fully saturated rings. The fourth-order valence-corrected chi connectivity index (χ4v) is 4.27. The van der Waals surface area contributed by atoms with Gasteiger partial charge in [-0.25, -0.2) is 0 Å². The van der Waals surface area contributed by atoms with Crippen LogP contribution in [0, 0.1) is 5.92 Å². The van der Waals surface area contributed by atoms with Crippen molar-refractivity contribution in [3.05, 3.63) is 95.6 Å². The van der Waals surface area contributed by atoms with Gasteiger partial charge in [-0.2, -0.15) is 0 Å². The molecule has 1 aliphatic rings. The number of para-hydroxylation sites is 1. The van der Waals surface area contributed by atoms with Crippen LogP contribution in [0.2, 0.25) is 0 Å². The number of hydrogen-bond donors (Lipinski definition) is 0. The Morgan fingerprint density at radius 1 is 0.906 bits per heavy atom. The number of hydrogen-bond acceptors (Lipinski definition) is 3. The summed E-state index contributed by atoms with van der Waals surface area (Å²) >= 11 is 0. The lowest BCUT2D eigenvalue weighted by atomic mass is 9.90. The van der Waals surface area contributed by atoms with Gasteiger partial charge < -0.3 is 14.4 Å². The topological polar surface area (TPSA) is 38.8 Å². The van der Waals surface area contributed by atoms with Crippen molar-refractivity contribution in [2.75, 3.05) is 19.7 Å². The van der Waals surface area contributed by atoms with Crippen LogP contribution >= 0.6 is 0 Å². The summed E-state index contributed by atoms with van der Waals surface area (Å²) in [5.41, 5.74) is 2.97. The molecule has 1 saturated heterocycles. The van der Waals surface area contributed by atoms with Crippen molar-refractivity contribution in [2.45, 2.75) is 32.8 Å². The Kier molecular flexibility index (Phi) is 7.44. The predicted octanol–water partition coefficient (Wildman–Crippen LogP) is 5.76. The summed E-state index contributed by atoms with van der Waals surface area (Å²) in [6, 6.07) is 26.0. The molecule has 0 spiro atoms. The number of piperidine rings is 1. The van der Waals surface area contributed by atoms with Crippen LogP contribution in [0.5, 0.6) is 11.5 Å². The molecule has 3 aromatic carbocycles. The third-order valence-corrected chi connectivity index (χ3v) is 6.01. The molecule has 0 radical (unpaired) electrons. The monoisotopic (exact) mass is 429 g/mol. The van der Waals surface area contributed by atoms with Gasteiger partial charge in [0.2, 0.25) is 0 Å². The molecule has 0 aromatic heterocycles. The highest BCUT2D eigenvalue weighted by Crippen LogP contribution is 2.26. The zero-order chi connectivity index (χ0) is 22.2. The minimum atomic E-state index is 0.0900. The molecule has 0 saturated carbocycles. The van der Waals surface area contributed by atoms with E-state index in [0.717, 1.165) is 49.4 Å². The number of carbonyl (C=O) groups excluding carboxylic acids is 1. The number of nitrogens with zero attached hydrogens (tertiary/aromatic N) is 1. The van der Waals surface area contributed by atoms with Crippen molar-refractivity contribution in [1.82, 2.24) is 4.90 Å². The van der Waals surface area contributed by atoms with E-state index in [4.69, 9.17) is 9.47 Å². The summed E-state index contributed by atoms with van der Waals surface area (Å²) in [6.45, 7) is 4.50. The van der Waals surface area contributed by atoms with Crippen molar-refractivity contribution in [2.24, 2.45) is 5.92 Å². The van der Waals surface area contributed by atoms with Crippen LogP contribution in [0.3, 0.4) is 0 Å². The molecule has 4 heteroatoms. The molecular weight excluding hydrogens is 398 g/mol. The predicted molar refractivity (Wildman–Crippen MR) is 127 cm³/mol. The van der Waals surface area contributed by atoms with E-state index in [0.29, 0.717) is 24.7 Å². The van der Waals surface area contributed by atoms with Gasteiger partial charge in [-0.05, 0) is 68.0 Å². The quantitative estimate of drug-likeness (QED) is 0.457. The van der Waals surface area contributed by atoms with Gasteiger partial charge in [-0.3, -0.25) is 4.79 Å². The van der Waals surface area contributed by atoms with Crippen LogP contribution in [0.1, 0.15) is 41.3 Å². The molecule has 4 nitrogen and oxygen atoms in total. The van der Waals surface area contributed by atoms with Crippen LogP contribution in [-0.2, 0) is 13.0 Å². The third kappa shape index (κ3) is 5.70. The molecule has 0 atom stereocenters. The molecular formula is C28H31NO3. The first-order valence-corrected chi connectivity index (χ1v) is 11.5. The molecule has 1 amide bonds. The fraction of sp³-hybridized carbons (Fsp3) is 0.321. The van der Waals surface area contributed by atoms with Gasteiger partial charge in [0.1, 0.15) is 18.1 Å². The van der Waals surface area contributed by atoms with Gasteiger partial charge in [0.05, 0.1) is 6.61 Å². The average molecular weight is 430 g/mol. The fourth-order valence-electron chi connectivity index (χ4n) is 4.27. The van der Waals surface area contributed by atoms with E-state index >= 15 is 0 Å². The summed E-state index contributed by atoms with van der Waals surface area (Å²) in [5, 5.41) is 0. The smallest absolute Gasteiger partial charge is 0.253 e. The van der Waals surface area contributed by atoms with Crippen molar-refractivity contribution < 1.29 is 14.3 Å². The van der Waals surface area contributed by atoms with Gasteiger partial charge in [0, 0.05) is 24.2 Å². The van der Waals surface area contributed by atoms with E-state index in [2.05, 4.69) is 30.3 Å². The summed E-state index contributed by atoms with van der Waals surface area (Å²) < 4.78 is 11.7. The second kappa shape index (κ2) is 10.9. The molecule has 32 heavy (non-hydrogen) atoms. The Morgan fingerprint density at radius 3 is 2.28 bits per heavy atom. The van der Waals surface area contributed by atoms with E-state index < -0.39 is 0 Å². The summed E-state index contributed by atoms with van der Waals surface area (Å²) in [6.07, 6.45) is 3.18. The van der Waals surface area contributed by atoms with Crippen molar-refractivity contribution >= 4 is 5.91 Å². The maximum atomic E-state index is 13.2. The van der Waals surface area contributed by atoms with Gasteiger partial charge in [-0.15, -0.1) is 0 Å². The molecule has 0 N–H and O–H groups in total. The second-order valence-electron chi connectivity index (χ2n) is 8.28. The molecule has 1 heterocycles. The number of rotatable bonds is 8. The Balaban J connectivity index is 1.39. The number of amides is 1. The summed E-state index contributed by atoms with van der Waals surface area (Å²) in [5.74, 6) is 2.29. The highest BCUT2D eigenvalue weighted by Gasteiger charge is 2.24. The van der Waals surface area contributed by atoms with E-state index in [9.17, 15) is 4.79 Å². The zero-order valence-electron chi connectivity index (χ0n) is 18.7. The van der Waals surface area contributed by atoms with Crippen LogP contribution in [0.15, 0.2) is 78.9 Å². The first-order chi connectivity index (χ1) is 15.7. The minimum absolute atomic E-state index is 0.0900. The van der Waals surface area contributed by atoms with Crippen LogP contribution < -0.4 is 9.47 Å². The van der Waals surface area contributed by atoms with Crippen LogP contribution in [0.4, 0.5) is 0 Å². The summed E-state index contributed by atoms with van der Waals surface area (Å²) in [4.78, 5) is 15.2. The van der Waals surface area contributed by atoms with Crippen molar-refractivity contribution in [3.63, 3.8) is 0 Å². The molecule has 0 bridgehead atoms. The Morgan fingerprint density at radius 2 is 1.59 bits per heavy atom. The van der Waals surface area contributed by atoms with E-state index in [-0.39, 0.29) is 5.91 Å². The normalized spacial score (nSPS) is 14.2. The van der Waals surface area contributed by atoms with E-state index in [1.807, 2.05) is 60.4 Å². The second-order valence-corrected chi connectivity index (χ2v) is 8.28. The first kappa shape index (κ1) is 21.9. The Labute approximate surface area is 190 Å². The van der Waals surface area contributed by atoms with Gasteiger partial charge in [-0.1, -0.05) is 48.5 Å². The largest absolute Gasteiger partial charge is 0.493 e. The standard InChI is InChI=1S/C28H31NO3/c1-2-31-27-14-13-24(20-25(27)21-32-26-11-7-4-8-12-26)28(30)29-17-15-23(16-18-29)19-22-9-5-3-6-10-22/h3-14,20,23H,2,15-19,21H2,1H3. The summed E-state index contributed by atoms with van der Waals surface area (Å²) in [7, 11) is 0. The Hall–Kier alpha value is -3.27.